The van der Waals surface area contributed by atoms with Crippen LogP contribution in [0.2, 0.25) is 0 Å². The van der Waals surface area contributed by atoms with Crippen molar-refractivity contribution in [1.29, 1.82) is 0 Å². The summed E-state index contributed by atoms with van der Waals surface area (Å²) >= 11 is 0. The lowest BCUT2D eigenvalue weighted by molar-refractivity contribution is 0.126. The van der Waals surface area contributed by atoms with Gasteiger partial charge in [-0.05, 0) is 69.9 Å². The lowest BCUT2D eigenvalue weighted by Gasteiger charge is -2.32. The minimum Gasteiger partial charge on any atom is -0.508 e. The Morgan fingerprint density at radius 2 is 2.06 bits per heavy atom. The first-order valence-electron chi connectivity index (χ1n) is 10.9. The molecule has 0 radical (unpaired) electrons. The first kappa shape index (κ1) is 22.1. The smallest absolute Gasteiger partial charge is 0.341 e. The first-order chi connectivity index (χ1) is 15.4. The molecule has 1 N–H and O–H groups in total. The van der Waals surface area contributed by atoms with Crippen molar-refractivity contribution >= 4 is 11.7 Å². The molecule has 0 aromatic heterocycles. The lowest BCUT2D eigenvalue weighted by Crippen LogP contribution is -2.43. The molecular formula is C24H29FN4O3. The quantitative estimate of drug-likeness (QED) is 0.744. The Morgan fingerprint density at radius 1 is 1.25 bits per heavy atom. The van der Waals surface area contributed by atoms with Crippen molar-refractivity contribution in [3.63, 3.8) is 0 Å². The van der Waals surface area contributed by atoms with Gasteiger partial charge in [0.25, 0.3) is 0 Å². The molecule has 2 amide bonds. The summed E-state index contributed by atoms with van der Waals surface area (Å²) in [5, 5.41) is 16.3. The van der Waals surface area contributed by atoms with Gasteiger partial charge < -0.3 is 19.6 Å². The molecule has 2 aromatic carbocycles. The Balaban J connectivity index is 1.71. The molecule has 0 saturated carbocycles. The van der Waals surface area contributed by atoms with Crippen LogP contribution < -0.4 is 4.74 Å². The van der Waals surface area contributed by atoms with Gasteiger partial charge in [-0.2, -0.15) is 5.10 Å². The number of ether oxygens (including phenoxy) is 1. The maximum absolute atomic E-state index is 14.0. The molecule has 2 aromatic rings. The van der Waals surface area contributed by atoms with Gasteiger partial charge in [0.2, 0.25) is 0 Å². The van der Waals surface area contributed by atoms with E-state index in [0.717, 1.165) is 18.5 Å². The molecule has 2 aliphatic heterocycles. The van der Waals surface area contributed by atoms with E-state index in [9.17, 15) is 14.3 Å². The summed E-state index contributed by atoms with van der Waals surface area (Å²) in [6.07, 6.45) is 0.842. The summed E-state index contributed by atoms with van der Waals surface area (Å²) in [5.74, 6) is 0.0253. The van der Waals surface area contributed by atoms with Crippen LogP contribution in [0, 0.1) is 11.7 Å². The Bertz CT molecular complexity index is 1030. The number of aromatic hydroxyl groups is 1. The zero-order valence-corrected chi connectivity index (χ0v) is 18.7. The van der Waals surface area contributed by atoms with Gasteiger partial charge in [0.1, 0.15) is 17.3 Å². The molecule has 0 fully saturated rings. The van der Waals surface area contributed by atoms with E-state index < -0.39 is 6.04 Å². The van der Waals surface area contributed by atoms with Gasteiger partial charge in [0, 0.05) is 18.7 Å². The summed E-state index contributed by atoms with van der Waals surface area (Å²) in [4.78, 5) is 17.5. The van der Waals surface area contributed by atoms with E-state index >= 15 is 0 Å². The van der Waals surface area contributed by atoms with Crippen LogP contribution in [0.4, 0.5) is 9.18 Å². The van der Waals surface area contributed by atoms with Gasteiger partial charge in [0.05, 0.1) is 24.3 Å². The van der Waals surface area contributed by atoms with Crippen LogP contribution in [0.15, 0.2) is 47.6 Å². The number of benzene rings is 2. The topological polar surface area (TPSA) is 68.6 Å². The summed E-state index contributed by atoms with van der Waals surface area (Å²) < 4.78 is 19.9. The number of fused-ring (bicyclic) bond motifs is 3. The number of phenolic OH excluding ortho intramolecular Hbond substituents is 1. The van der Waals surface area contributed by atoms with E-state index in [-0.39, 0.29) is 23.5 Å². The number of halogens is 1. The molecule has 32 heavy (non-hydrogen) atoms. The van der Waals surface area contributed by atoms with Gasteiger partial charge in [0.15, 0.2) is 0 Å². The van der Waals surface area contributed by atoms with Crippen molar-refractivity contribution in [1.82, 2.24) is 14.8 Å². The van der Waals surface area contributed by atoms with Gasteiger partial charge in [-0.3, -0.25) is 0 Å². The van der Waals surface area contributed by atoms with Crippen molar-refractivity contribution in [3.8, 4) is 11.5 Å². The third-order valence-electron chi connectivity index (χ3n) is 5.94. The first-order valence-corrected chi connectivity index (χ1v) is 10.9. The molecule has 7 nitrogen and oxygen atoms in total. The number of carbonyl (C=O) groups is 1. The molecule has 0 aliphatic carbocycles. The fraction of sp³-hybridized carbons (Fsp3) is 0.417. The molecule has 0 unspecified atom stereocenters. The third kappa shape index (κ3) is 4.27. The van der Waals surface area contributed by atoms with Crippen LogP contribution >= 0.6 is 0 Å². The fourth-order valence-corrected chi connectivity index (χ4v) is 4.36. The molecule has 0 spiro atoms. The normalized spacial score (nSPS) is 19.3. The summed E-state index contributed by atoms with van der Waals surface area (Å²) in [5.41, 5.74) is 1.96. The zero-order chi connectivity index (χ0) is 22.8. The van der Waals surface area contributed by atoms with Crippen LogP contribution in [0.3, 0.4) is 0 Å². The predicted molar refractivity (Wildman–Crippen MR) is 120 cm³/mol. The number of amides is 2. The second-order valence-electron chi connectivity index (χ2n) is 8.45. The van der Waals surface area contributed by atoms with Gasteiger partial charge in [-0.25, -0.2) is 14.2 Å². The molecule has 170 valence electrons. The number of hydrogen-bond donors (Lipinski definition) is 1. The number of rotatable bonds is 6. The van der Waals surface area contributed by atoms with Crippen molar-refractivity contribution in [2.24, 2.45) is 11.0 Å². The summed E-state index contributed by atoms with van der Waals surface area (Å²) in [6, 6.07) is 10.5. The largest absolute Gasteiger partial charge is 0.508 e. The summed E-state index contributed by atoms with van der Waals surface area (Å²) in [7, 11) is 4.01. The van der Waals surface area contributed by atoms with Gasteiger partial charge in [-0.1, -0.05) is 12.1 Å². The van der Waals surface area contributed by atoms with E-state index in [0.29, 0.717) is 36.7 Å². The highest BCUT2D eigenvalue weighted by Crippen LogP contribution is 2.43. The lowest BCUT2D eigenvalue weighted by atomic mass is 9.86. The van der Waals surface area contributed by atoms with Crippen molar-refractivity contribution in [3.05, 3.63) is 59.4 Å². The minimum absolute atomic E-state index is 0.116. The maximum Gasteiger partial charge on any atom is 0.341 e. The van der Waals surface area contributed by atoms with Crippen LogP contribution in [0.25, 0.3) is 0 Å². The van der Waals surface area contributed by atoms with Crippen LogP contribution in [-0.2, 0) is 0 Å². The fourth-order valence-electron chi connectivity index (χ4n) is 4.36. The Labute approximate surface area is 187 Å². The van der Waals surface area contributed by atoms with E-state index in [4.69, 9.17) is 9.84 Å². The molecule has 0 bridgehead atoms. The van der Waals surface area contributed by atoms with Gasteiger partial charge >= 0.3 is 6.03 Å². The highest BCUT2D eigenvalue weighted by molar-refractivity contribution is 6.07. The molecule has 8 heteroatoms. The summed E-state index contributed by atoms with van der Waals surface area (Å²) in [6.45, 7) is 4.29. The molecule has 4 rings (SSSR count). The zero-order valence-electron chi connectivity index (χ0n) is 18.7. The number of nitrogens with zero attached hydrogens (tertiary/aromatic N) is 4. The Morgan fingerprint density at radius 3 is 2.78 bits per heavy atom. The average molecular weight is 441 g/mol. The second-order valence-corrected chi connectivity index (χ2v) is 8.45. The number of phenols is 1. The highest BCUT2D eigenvalue weighted by Gasteiger charge is 2.46. The standard InChI is InChI=1S/C24H29FN4O3/c1-4-28(12-6-11-27(2)3)24(31)29-23(16-7-5-8-18(30)13-16)20-15-32-21-10-9-17(25)14-19(21)22(20)26-29/h5,7-10,13-14,20,23,30H,4,6,11-12,15H2,1-3H3/t20-,23+/m0/s1. The van der Waals surface area contributed by atoms with Crippen LogP contribution in [0.5, 0.6) is 11.5 Å². The number of carbonyl (C=O) groups excluding carboxylic acids is 1. The third-order valence-corrected chi connectivity index (χ3v) is 5.94. The molecule has 2 heterocycles. The number of hydrogen-bond acceptors (Lipinski definition) is 5. The van der Waals surface area contributed by atoms with Crippen molar-refractivity contribution in [2.75, 3.05) is 40.3 Å². The van der Waals surface area contributed by atoms with Crippen LogP contribution in [0.1, 0.15) is 30.5 Å². The van der Waals surface area contributed by atoms with Crippen molar-refractivity contribution in [2.45, 2.75) is 19.4 Å². The molecule has 2 atom stereocenters. The van der Waals surface area contributed by atoms with Crippen molar-refractivity contribution < 1.29 is 19.0 Å². The van der Waals surface area contributed by atoms with Crippen LogP contribution in [-0.4, -0.2) is 72.0 Å². The molecular weight excluding hydrogens is 411 g/mol. The van der Waals surface area contributed by atoms with E-state index in [1.54, 1.807) is 29.2 Å². The highest BCUT2D eigenvalue weighted by atomic mass is 19.1. The average Bonchev–Trinajstić information content (AvgIpc) is 3.16. The maximum atomic E-state index is 14.0. The Kier molecular flexibility index (Phi) is 6.32. The predicted octanol–water partition coefficient (Wildman–Crippen LogP) is 3.69. The number of hydrazone groups is 1. The van der Waals surface area contributed by atoms with E-state index in [1.807, 2.05) is 27.1 Å². The van der Waals surface area contributed by atoms with Gasteiger partial charge in [-0.15, -0.1) is 0 Å². The second kappa shape index (κ2) is 9.16. The minimum atomic E-state index is -0.455. The van der Waals surface area contributed by atoms with E-state index in [1.165, 1.54) is 17.1 Å². The molecule has 0 saturated heterocycles. The number of urea groups is 1. The molecule has 2 aliphatic rings. The Hall–Kier alpha value is -3.13. The SMILES string of the molecule is CCN(CCCN(C)C)C(=O)N1N=C2c3cc(F)ccc3OC[C@@H]2[C@H]1c1cccc(O)c1. The monoisotopic (exact) mass is 440 g/mol. The van der Waals surface area contributed by atoms with E-state index in [2.05, 4.69) is 4.90 Å².